The fraction of sp³-hybridized carbons (Fsp3) is 0.562. The van der Waals surface area contributed by atoms with Crippen LogP contribution >= 0.6 is 15.9 Å². The lowest BCUT2D eigenvalue weighted by atomic mass is 10.1. The summed E-state index contributed by atoms with van der Waals surface area (Å²) in [6, 6.07) is 5.28. The van der Waals surface area contributed by atoms with Crippen LogP contribution < -0.4 is 4.74 Å². The highest BCUT2D eigenvalue weighted by Crippen LogP contribution is 2.26. The van der Waals surface area contributed by atoms with Gasteiger partial charge < -0.3 is 14.7 Å². The molecule has 0 spiro atoms. The molecule has 0 fully saturated rings. The van der Waals surface area contributed by atoms with Gasteiger partial charge in [-0.3, -0.25) is 4.79 Å². The number of carbonyl (C=O) groups is 1. The molecular formula is C16H24BrNO3. The lowest BCUT2D eigenvalue weighted by molar-refractivity contribution is 0.0718. The minimum atomic E-state index is -0.0519. The molecule has 0 aliphatic heterocycles. The number of methoxy groups -OCH3 is 1. The zero-order chi connectivity index (χ0) is 15.7. The van der Waals surface area contributed by atoms with Crippen LogP contribution in [0.15, 0.2) is 22.7 Å². The zero-order valence-electron chi connectivity index (χ0n) is 12.8. The Morgan fingerprint density at radius 2 is 2.05 bits per heavy atom. The minimum Gasteiger partial charge on any atom is -0.496 e. The quantitative estimate of drug-likeness (QED) is 0.688. The average molecular weight is 358 g/mol. The van der Waals surface area contributed by atoms with Crippen LogP contribution in [0, 0.1) is 0 Å². The highest BCUT2D eigenvalue weighted by molar-refractivity contribution is 9.10. The molecule has 0 atom stereocenters. The Morgan fingerprint density at radius 3 is 2.62 bits per heavy atom. The van der Waals surface area contributed by atoms with Crippen LogP contribution in [0.2, 0.25) is 0 Å². The van der Waals surface area contributed by atoms with Crippen molar-refractivity contribution >= 4 is 21.8 Å². The highest BCUT2D eigenvalue weighted by Gasteiger charge is 2.16. The van der Waals surface area contributed by atoms with Crippen molar-refractivity contribution in [2.75, 3.05) is 26.8 Å². The van der Waals surface area contributed by atoms with Crippen molar-refractivity contribution in [3.05, 3.63) is 28.2 Å². The van der Waals surface area contributed by atoms with E-state index in [1.165, 1.54) is 12.8 Å². The molecule has 0 aliphatic rings. The Hall–Kier alpha value is -1.07. The first-order chi connectivity index (χ1) is 10.1. The first kappa shape index (κ1) is 18.0. The topological polar surface area (TPSA) is 49.8 Å². The summed E-state index contributed by atoms with van der Waals surface area (Å²) >= 11 is 3.39. The van der Waals surface area contributed by atoms with Crippen molar-refractivity contribution in [1.82, 2.24) is 4.90 Å². The predicted molar refractivity (Wildman–Crippen MR) is 87.8 cm³/mol. The minimum absolute atomic E-state index is 0.0170. The molecule has 118 valence electrons. The average Bonchev–Trinajstić information content (AvgIpc) is 2.49. The van der Waals surface area contributed by atoms with E-state index in [1.807, 2.05) is 0 Å². The van der Waals surface area contributed by atoms with Crippen molar-refractivity contribution in [3.8, 4) is 5.75 Å². The molecule has 1 amide bonds. The highest BCUT2D eigenvalue weighted by atomic mass is 79.9. The number of carbonyl (C=O) groups excluding carboxylic acids is 1. The van der Waals surface area contributed by atoms with Gasteiger partial charge in [0.05, 0.1) is 18.2 Å². The molecular weight excluding hydrogens is 334 g/mol. The molecule has 0 unspecified atom stereocenters. The lowest BCUT2D eigenvalue weighted by Crippen LogP contribution is -2.34. The van der Waals surface area contributed by atoms with Crippen molar-refractivity contribution in [2.45, 2.75) is 32.6 Å². The van der Waals surface area contributed by atoms with Gasteiger partial charge in [0.2, 0.25) is 0 Å². The zero-order valence-corrected chi connectivity index (χ0v) is 14.4. The normalized spacial score (nSPS) is 10.5. The van der Waals surface area contributed by atoms with Gasteiger partial charge in [-0.2, -0.15) is 0 Å². The van der Waals surface area contributed by atoms with Gasteiger partial charge in [-0.25, -0.2) is 0 Å². The van der Waals surface area contributed by atoms with Crippen LogP contribution in [0.25, 0.3) is 0 Å². The van der Waals surface area contributed by atoms with Crippen LogP contribution in [0.3, 0.4) is 0 Å². The van der Waals surface area contributed by atoms with E-state index in [9.17, 15) is 4.79 Å². The Labute approximate surface area is 135 Å². The largest absolute Gasteiger partial charge is 0.496 e. The molecule has 0 saturated carbocycles. The maximum absolute atomic E-state index is 12.5. The van der Waals surface area contributed by atoms with Crippen LogP contribution in [0.4, 0.5) is 0 Å². The van der Waals surface area contributed by atoms with E-state index in [2.05, 4.69) is 22.9 Å². The summed E-state index contributed by atoms with van der Waals surface area (Å²) in [4.78, 5) is 14.2. The summed E-state index contributed by atoms with van der Waals surface area (Å²) in [5.41, 5.74) is 0.603. The van der Waals surface area contributed by atoms with Crippen LogP contribution in [-0.4, -0.2) is 42.7 Å². The van der Waals surface area contributed by atoms with Crippen molar-refractivity contribution in [1.29, 1.82) is 0 Å². The van der Waals surface area contributed by atoms with E-state index in [0.29, 0.717) is 24.4 Å². The third-order valence-electron chi connectivity index (χ3n) is 3.34. The van der Waals surface area contributed by atoms with Crippen molar-refractivity contribution in [3.63, 3.8) is 0 Å². The summed E-state index contributed by atoms with van der Waals surface area (Å²) in [7, 11) is 1.59. The number of amides is 1. The van der Waals surface area contributed by atoms with Crippen LogP contribution in [-0.2, 0) is 0 Å². The van der Waals surface area contributed by atoms with Gasteiger partial charge in [0.1, 0.15) is 5.75 Å². The smallest absolute Gasteiger partial charge is 0.253 e. The summed E-state index contributed by atoms with van der Waals surface area (Å²) in [6.45, 7) is 3.19. The Balaban J connectivity index is 2.72. The number of rotatable bonds is 9. The standard InChI is InChI=1S/C16H24BrNO3/c1-3-4-5-6-9-18(10-11-19)16(20)13-7-8-15(21-2)14(17)12-13/h7-8,12,19H,3-6,9-11H2,1-2H3. The second-order valence-electron chi connectivity index (χ2n) is 4.93. The second-order valence-corrected chi connectivity index (χ2v) is 5.78. The first-order valence-corrected chi connectivity index (χ1v) is 8.17. The van der Waals surface area contributed by atoms with Gasteiger partial charge in [-0.1, -0.05) is 26.2 Å². The van der Waals surface area contributed by atoms with Gasteiger partial charge in [-0.05, 0) is 40.5 Å². The number of benzene rings is 1. The molecule has 0 bridgehead atoms. The van der Waals surface area contributed by atoms with E-state index in [0.717, 1.165) is 17.3 Å². The van der Waals surface area contributed by atoms with E-state index in [4.69, 9.17) is 9.84 Å². The molecule has 5 heteroatoms. The number of halogens is 1. The van der Waals surface area contributed by atoms with Gasteiger partial charge in [0.25, 0.3) is 5.91 Å². The fourth-order valence-electron chi connectivity index (χ4n) is 2.15. The van der Waals surface area contributed by atoms with Gasteiger partial charge in [0.15, 0.2) is 0 Å². The van der Waals surface area contributed by atoms with E-state index < -0.39 is 0 Å². The SMILES string of the molecule is CCCCCCN(CCO)C(=O)c1ccc(OC)c(Br)c1. The summed E-state index contributed by atoms with van der Waals surface area (Å²) in [6.07, 6.45) is 4.42. The molecule has 0 aliphatic carbocycles. The molecule has 0 heterocycles. The summed E-state index contributed by atoms with van der Waals surface area (Å²) in [5, 5.41) is 9.15. The fourth-order valence-corrected chi connectivity index (χ4v) is 2.69. The van der Waals surface area contributed by atoms with E-state index in [-0.39, 0.29) is 12.5 Å². The molecule has 0 aromatic heterocycles. The van der Waals surface area contributed by atoms with Gasteiger partial charge in [0, 0.05) is 18.7 Å². The third-order valence-corrected chi connectivity index (χ3v) is 3.96. The van der Waals surface area contributed by atoms with E-state index in [1.54, 1.807) is 30.2 Å². The van der Waals surface area contributed by atoms with Crippen molar-refractivity contribution < 1.29 is 14.6 Å². The monoisotopic (exact) mass is 357 g/mol. The molecule has 1 aromatic carbocycles. The van der Waals surface area contributed by atoms with Gasteiger partial charge >= 0.3 is 0 Å². The number of nitrogens with zero attached hydrogens (tertiary/aromatic N) is 1. The van der Waals surface area contributed by atoms with Crippen LogP contribution in [0.1, 0.15) is 43.0 Å². The maximum atomic E-state index is 12.5. The number of hydrogen-bond acceptors (Lipinski definition) is 3. The van der Waals surface area contributed by atoms with Crippen LogP contribution in [0.5, 0.6) is 5.75 Å². The van der Waals surface area contributed by atoms with E-state index >= 15 is 0 Å². The Bertz CT molecular complexity index is 451. The molecule has 1 N–H and O–H groups in total. The Kier molecular flexibility index (Phi) is 8.38. The Morgan fingerprint density at radius 1 is 1.29 bits per heavy atom. The van der Waals surface area contributed by atoms with Gasteiger partial charge in [-0.15, -0.1) is 0 Å². The number of unbranched alkanes of at least 4 members (excludes halogenated alkanes) is 3. The molecule has 0 radical (unpaired) electrons. The summed E-state index contributed by atoms with van der Waals surface area (Å²) < 4.78 is 5.92. The number of hydrogen-bond donors (Lipinski definition) is 1. The predicted octanol–water partition coefficient (Wildman–Crippen LogP) is 3.47. The molecule has 1 aromatic rings. The molecule has 0 saturated heterocycles. The lowest BCUT2D eigenvalue weighted by Gasteiger charge is -2.22. The molecule has 21 heavy (non-hydrogen) atoms. The number of aliphatic hydroxyl groups excluding tert-OH is 1. The first-order valence-electron chi connectivity index (χ1n) is 7.37. The number of aliphatic hydroxyl groups is 1. The summed E-state index contributed by atoms with van der Waals surface area (Å²) in [5.74, 6) is 0.645. The second kappa shape index (κ2) is 9.79. The molecule has 4 nitrogen and oxygen atoms in total. The van der Waals surface area contributed by atoms with Crippen molar-refractivity contribution in [2.24, 2.45) is 0 Å². The maximum Gasteiger partial charge on any atom is 0.253 e. The third kappa shape index (κ3) is 5.67. The molecule has 1 rings (SSSR count). The number of ether oxygens (including phenoxy) is 1.